The van der Waals surface area contributed by atoms with E-state index in [1.54, 1.807) is 31.7 Å². The zero-order valence-corrected chi connectivity index (χ0v) is 16.9. The van der Waals surface area contributed by atoms with Gasteiger partial charge >= 0.3 is 5.97 Å². The number of thioether (sulfide) groups is 1. The molecule has 9 heteroatoms. The highest BCUT2D eigenvalue weighted by molar-refractivity contribution is 7.98. The van der Waals surface area contributed by atoms with Gasteiger partial charge in [0.25, 0.3) is 0 Å². The van der Waals surface area contributed by atoms with Crippen LogP contribution >= 0.6 is 24.4 Å². The largest absolute Gasteiger partial charge is 0.466 e. The van der Waals surface area contributed by atoms with Gasteiger partial charge in [0.15, 0.2) is 5.69 Å². The van der Waals surface area contributed by atoms with E-state index in [0.717, 1.165) is 0 Å². The molecule has 0 saturated carbocycles. The molecular weight excluding hydrogens is 372 g/mol. The Morgan fingerprint density at radius 2 is 2.23 bits per heavy atom. The summed E-state index contributed by atoms with van der Waals surface area (Å²) in [7, 11) is 0. The fourth-order valence-corrected chi connectivity index (χ4v) is 4.02. The van der Waals surface area contributed by atoms with Gasteiger partial charge in [-0.1, -0.05) is 0 Å². The molecule has 0 N–H and O–H groups in total. The molecule has 0 bridgehead atoms. The molecule has 1 fully saturated rings. The van der Waals surface area contributed by atoms with Crippen LogP contribution in [0.4, 0.5) is 5.69 Å². The van der Waals surface area contributed by atoms with E-state index >= 15 is 0 Å². The molecule has 1 aromatic rings. The van der Waals surface area contributed by atoms with Gasteiger partial charge in [-0.15, -0.1) is 24.4 Å². The first kappa shape index (κ1) is 20.6. The Morgan fingerprint density at radius 3 is 2.81 bits per heavy atom. The Bertz CT molecular complexity index is 748. The SMILES string of the molecule is CCOC(=O)CCN1C(S)N(c2cnc(C#N)c(SC)c2)C(=O)C1(C)C. The second-order valence-electron chi connectivity index (χ2n) is 6.19. The minimum atomic E-state index is -0.827. The van der Waals surface area contributed by atoms with Gasteiger partial charge in [-0.25, -0.2) is 4.98 Å². The van der Waals surface area contributed by atoms with Gasteiger partial charge in [-0.2, -0.15) is 5.26 Å². The quantitative estimate of drug-likeness (QED) is 0.450. The van der Waals surface area contributed by atoms with Gasteiger partial charge < -0.3 is 4.74 Å². The van der Waals surface area contributed by atoms with Gasteiger partial charge in [0.05, 0.1) is 30.5 Å². The lowest BCUT2D eigenvalue weighted by Crippen LogP contribution is -2.45. The first-order valence-electron chi connectivity index (χ1n) is 8.16. The average molecular weight is 395 g/mol. The maximum atomic E-state index is 13.0. The second-order valence-corrected chi connectivity index (χ2v) is 7.50. The number of ether oxygens (including phenoxy) is 1. The number of rotatable bonds is 6. The predicted molar refractivity (Wildman–Crippen MR) is 103 cm³/mol. The third-order valence-corrected chi connectivity index (χ3v) is 5.54. The van der Waals surface area contributed by atoms with Gasteiger partial charge in [0.2, 0.25) is 5.91 Å². The van der Waals surface area contributed by atoms with Crippen LogP contribution < -0.4 is 4.90 Å². The molecule has 1 atom stereocenters. The molecule has 1 amide bonds. The predicted octanol–water partition coefficient (Wildman–Crippen LogP) is 2.27. The molecule has 140 valence electrons. The molecule has 2 rings (SSSR count). The highest BCUT2D eigenvalue weighted by Crippen LogP contribution is 2.37. The number of pyridine rings is 1. The number of aromatic nitrogens is 1. The van der Waals surface area contributed by atoms with Crippen LogP contribution in [0, 0.1) is 11.3 Å². The monoisotopic (exact) mass is 394 g/mol. The summed E-state index contributed by atoms with van der Waals surface area (Å²) in [5.41, 5.74) is -0.477. The first-order chi connectivity index (χ1) is 12.3. The van der Waals surface area contributed by atoms with Crippen molar-refractivity contribution in [3.63, 3.8) is 0 Å². The molecule has 1 aliphatic heterocycles. The van der Waals surface area contributed by atoms with Crippen LogP contribution in [0.1, 0.15) is 32.9 Å². The van der Waals surface area contributed by atoms with E-state index in [-0.39, 0.29) is 18.3 Å². The highest BCUT2D eigenvalue weighted by Gasteiger charge is 2.51. The summed E-state index contributed by atoms with van der Waals surface area (Å²) < 4.78 is 4.97. The summed E-state index contributed by atoms with van der Waals surface area (Å²) in [5, 5.41) is 9.13. The topological polar surface area (TPSA) is 86.5 Å². The van der Waals surface area contributed by atoms with Crippen LogP contribution in [0.15, 0.2) is 17.2 Å². The molecule has 0 aromatic carbocycles. The lowest BCUT2D eigenvalue weighted by atomic mass is 10.0. The van der Waals surface area contributed by atoms with Crippen molar-refractivity contribution in [1.82, 2.24) is 9.88 Å². The average Bonchev–Trinajstić information content (AvgIpc) is 2.78. The van der Waals surface area contributed by atoms with E-state index in [0.29, 0.717) is 29.4 Å². The summed E-state index contributed by atoms with van der Waals surface area (Å²) in [6.45, 7) is 6.03. The summed E-state index contributed by atoms with van der Waals surface area (Å²) in [4.78, 5) is 32.9. The summed E-state index contributed by atoms with van der Waals surface area (Å²) in [5.74, 6) is -0.445. The number of thiol groups is 1. The van der Waals surface area contributed by atoms with E-state index in [9.17, 15) is 9.59 Å². The van der Waals surface area contributed by atoms with Crippen LogP contribution in [0.2, 0.25) is 0 Å². The molecule has 0 spiro atoms. The van der Waals surface area contributed by atoms with Crippen molar-refractivity contribution >= 4 is 42.0 Å². The third kappa shape index (κ3) is 3.82. The van der Waals surface area contributed by atoms with Crippen LogP contribution in [0.5, 0.6) is 0 Å². The summed E-state index contributed by atoms with van der Waals surface area (Å²) in [6.07, 6.45) is 3.53. The van der Waals surface area contributed by atoms with Crippen molar-refractivity contribution in [2.75, 3.05) is 24.3 Å². The zero-order valence-electron chi connectivity index (χ0n) is 15.2. The number of nitrogens with zero attached hydrogens (tertiary/aromatic N) is 4. The zero-order chi connectivity index (χ0) is 19.5. The van der Waals surface area contributed by atoms with Crippen LogP contribution in [0.25, 0.3) is 0 Å². The minimum Gasteiger partial charge on any atom is -0.466 e. The van der Waals surface area contributed by atoms with Crippen molar-refractivity contribution in [1.29, 1.82) is 5.26 Å². The smallest absolute Gasteiger partial charge is 0.307 e. The standard InChI is InChI=1S/C17H22N4O3S2/c1-5-24-14(22)6-7-20-16(25)21(15(23)17(20,2)3)11-8-13(26-4)12(9-18)19-10-11/h8,10,16,25H,5-7H2,1-4H3. The van der Waals surface area contributed by atoms with E-state index in [1.807, 2.05) is 17.2 Å². The molecular formula is C17H22N4O3S2. The van der Waals surface area contributed by atoms with Crippen molar-refractivity contribution in [3.05, 3.63) is 18.0 Å². The summed E-state index contributed by atoms with van der Waals surface area (Å²) in [6, 6.07) is 3.81. The number of hydrogen-bond acceptors (Lipinski definition) is 8. The van der Waals surface area contributed by atoms with Crippen LogP contribution in [0.3, 0.4) is 0 Å². The molecule has 0 aliphatic carbocycles. The number of esters is 1. The molecule has 0 radical (unpaired) electrons. The van der Waals surface area contributed by atoms with Crippen molar-refractivity contribution in [2.24, 2.45) is 0 Å². The number of nitriles is 1. The maximum absolute atomic E-state index is 13.0. The van der Waals surface area contributed by atoms with Gasteiger partial charge in [0, 0.05) is 11.4 Å². The van der Waals surface area contributed by atoms with Crippen LogP contribution in [-0.2, 0) is 14.3 Å². The number of hydrogen-bond donors (Lipinski definition) is 1. The number of anilines is 1. The molecule has 1 aliphatic rings. The number of carbonyl (C=O) groups is 2. The second kappa shape index (κ2) is 8.29. The molecule has 1 saturated heterocycles. The van der Waals surface area contributed by atoms with Gasteiger partial charge in [-0.05, 0) is 33.1 Å². The third-order valence-electron chi connectivity index (χ3n) is 4.27. The molecule has 26 heavy (non-hydrogen) atoms. The van der Waals surface area contributed by atoms with E-state index < -0.39 is 11.0 Å². The number of amides is 1. The van der Waals surface area contributed by atoms with Gasteiger partial charge in [-0.3, -0.25) is 19.4 Å². The van der Waals surface area contributed by atoms with Crippen molar-refractivity contribution in [3.8, 4) is 6.07 Å². The van der Waals surface area contributed by atoms with Crippen LogP contribution in [-0.4, -0.2) is 52.2 Å². The maximum Gasteiger partial charge on any atom is 0.307 e. The Morgan fingerprint density at radius 1 is 1.54 bits per heavy atom. The van der Waals surface area contributed by atoms with E-state index in [1.165, 1.54) is 18.0 Å². The lowest BCUT2D eigenvalue weighted by molar-refractivity contribution is -0.144. The Kier molecular flexibility index (Phi) is 6.55. The van der Waals surface area contributed by atoms with Gasteiger partial charge in [0.1, 0.15) is 11.6 Å². The lowest BCUT2D eigenvalue weighted by Gasteiger charge is -2.30. The fraction of sp³-hybridized carbons (Fsp3) is 0.529. The van der Waals surface area contributed by atoms with Crippen molar-refractivity contribution < 1.29 is 14.3 Å². The Balaban J connectivity index is 2.29. The minimum absolute atomic E-state index is 0.139. The molecule has 7 nitrogen and oxygen atoms in total. The van der Waals surface area contributed by atoms with E-state index in [4.69, 9.17) is 10.00 Å². The molecule has 1 unspecified atom stereocenters. The number of carbonyl (C=O) groups excluding carboxylic acids is 2. The first-order valence-corrected chi connectivity index (χ1v) is 9.90. The highest BCUT2D eigenvalue weighted by atomic mass is 32.2. The summed E-state index contributed by atoms with van der Waals surface area (Å²) >= 11 is 6.01. The van der Waals surface area contributed by atoms with Crippen molar-refractivity contribution in [2.45, 2.75) is 43.1 Å². The molecule has 1 aromatic heterocycles. The normalized spacial score (nSPS) is 19.5. The Labute approximate surface area is 163 Å². The van der Waals surface area contributed by atoms with E-state index in [2.05, 4.69) is 17.6 Å². The molecule has 2 heterocycles. The Hall–Kier alpha value is -1.76. The fourth-order valence-electron chi connectivity index (χ4n) is 2.85.